The van der Waals surface area contributed by atoms with Crippen LogP contribution in [-0.4, -0.2) is 12.9 Å². The number of carbonyl (C=O) groups excluding carboxylic acids is 1. The van der Waals surface area contributed by atoms with Crippen molar-refractivity contribution in [3.8, 4) is 0 Å². The van der Waals surface area contributed by atoms with Gasteiger partial charge >= 0.3 is 0 Å². The number of Topliss-reactive ketones (excluding diaryl/α,β-unsaturated/α-hetero) is 1. The summed E-state index contributed by atoms with van der Waals surface area (Å²) in [5.41, 5.74) is 4.00. The molecule has 0 N–H and O–H groups in total. The minimum absolute atomic E-state index is 0.250. The Hall–Kier alpha value is -3.59. The molecule has 0 atom stereocenters. The van der Waals surface area contributed by atoms with E-state index in [2.05, 4.69) is 58.5 Å². The predicted molar refractivity (Wildman–Crippen MR) is 126 cm³/mol. The third-order valence-corrected chi connectivity index (χ3v) is 4.29. The molecule has 156 valence electrons. The van der Waals surface area contributed by atoms with Crippen molar-refractivity contribution in [1.82, 2.24) is 0 Å². The third-order valence-electron chi connectivity index (χ3n) is 4.29. The summed E-state index contributed by atoms with van der Waals surface area (Å²) in [7, 11) is 1.49. The summed E-state index contributed by atoms with van der Waals surface area (Å²) in [6.45, 7) is 25.0. The Labute approximate surface area is 180 Å². The smallest absolute Gasteiger partial charge is 0.191 e. The Morgan fingerprint density at radius 1 is 0.800 bits per heavy atom. The zero-order valence-corrected chi connectivity index (χ0v) is 18.0. The van der Waals surface area contributed by atoms with E-state index < -0.39 is 0 Å². The minimum atomic E-state index is -0.306. The van der Waals surface area contributed by atoms with Crippen LogP contribution in [0.4, 0.5) is 0 Å². The third kappa shape index (κ3) is 8.61. The van der Waals surface area contributed by atoms with Gasteiger partial charge in [0.25, 0.3) is 0 Å². The molecule has 1 aliphatic rings. The number of hydrogen-bond donors (Lipinski definition) is 0. The van der Waals surface area contributed by atoms with Gasteiger partial charge < -0.3 is 9.47 Å². The molecule has 30 heavy (non-hydrogen) atoms. The highest BCUT2D eigenvalue weighted by Gasteiger charge is 2.07. The van der Waals surface area contributed by atoms with E-state index in [0.29, 0.717) is 17.3 Å². The lowest BCUT2D eigenvalue weighted by Crippen LogP contribution is -2.01. The van der Waals surface area contributed by atoms with E-state index in [4.69, 9.17) is 9.47 Å². The van der Waals surface area contributed by atoms with Crippen molar-refractivity contribution in [2.24, 2.45) is 0 Å². The largest absolute Gasteiger partial charge is 0.497 e. The summed E-state index contributed by atoms with van der Waals surface area (Å²) in [4.78, 5) is 12.2. The van der Waals surface area contributed by atoms with Crippen LogP contribution in [0.25, 0.3) is 0 Å². The molecule has 0 radical (unpaired) electrons. The SMILES string of the molecule is C=C(/C=C\C(=C)C(=O)C(=C)/C=C\C(=C)OC(=C)/C=C\C(=C)C1=CC=C(C)CC1)OC. The first-order valence-corrected chi connectivity index (χ1v) is 9.45. The monoisotopic (exact) mass is 402 g/mol. The molecule has 1 rings (SSSR count). The van der Waals surface area contributed by atoms with Gasteiger partial charge in [0.1, 0.15) is 17.3 Å². The van der Waals surface area contributed by atoms with Gasteiger partial charge in [-0.1, -0.05) is 63.3 Å². The predicted octanol–water partition coefficient (Wildman–Crippen LogP) is 6.76. The van der Waals surface area contributed by atoms with Crippen LogP contribution in [0.5, 0.6) is 0 Å². The molecule has 0 fully saturated rings. The molecule has 0 heterocycles. The molecule has 0 saturated heterocycles. The van der Waals surface area contributed by atoms with Gasteiger partial charge in [-0.15, -0.1) is 0 Å². The lowest BCUT2D eigenvalue weighted by Gasteiger charge is -2.12. The van der Waals surface area contributed by atoms with Crippen molar-refractivity contribution in [1.29, 1.82) is 0 Å². The quantitative estimate of drug-likeness (QED) is 0.205. The average molecular weight is 403 g/mol. The Bertz CT molecular complexity index is 927. The fourth-order valence-electron chi connectivity index (χ4n) is 2.36. The van der Waals surface area contributed by atoms with Gasteiger partial charge in [-0.25, -0.2) is 0 Å². The maximum atomic E-state index is 12.2. The molecule has 0 aromatic heterocycles. The highest BCUT2D eigenvalue weighted by molar-refractivity contribution is 6.11. The summed E-state index contributed by atoms with van der Waals surface area (Å²) < 4.78 is 10.4. The van der Waals surface area contributed by atoms with Crippen molar-refractivity contribution >= 4 is 5.78 Å². The number of allylic oxidation sites excluding steroid dienone is 13. The van der Waals surface area contributed by atoms with E-state index in [1.54, 1.807) is 18.2 Å². The molecule has 0 unspecified atom stereocenters. The van der Waals surface area contributed by atoms with Crippen LogP contribution in [0.1, 0.15) is 19.8 Å². The fourth-order valence-corrected chi connectivity index (χ4v) is 2.36. The maximum Gasteiger partial charge on any atom is 0.191 e. The Kier molecular flexibility index (Phi) is 9.84. The Balaban J connectivity index is 2.56. The van der Waals surface area contributed by atoms with Crippen molar-refractivity contribution in [3.63, 3.8) is 0 Å². The van der Waals surface area contributed by atoms with Gasteiger partial charge in [0.15, 0.2) is 5.78 Å². The van der Waals surface area contributed by atoms with Crippen molar-refractivity contribution in [2.45, 2.75) is 19.8 Å². The van der Waals surface area contributed by atoms with E-state index in [1.165, 1.54) is 30.4 Å². The number of hydrogen-bond acceptors (Lipinski definition) is 3. The molecule has 3 nitrogen and oxygen atoms in total. The van der Waals surface area contributed by atoms with Crippen LogP contribution in [0.2, 0.25) is 0 Å². The standard InChI is InChI=1S/C27H30O3/c1-19-9-17-26(18-10-19)20(2)11-15-24(6)30-25(7)16-13-22(4)27(28)21(3)12-14-23(5)29-8/h9,11-17H,2-7,10,18H2,1,8H3/b14-12-,15-11-,16-13-. The number of carbonyl (C=O) groups is 1. The lowest BCUT2D eigenvalue weighted by molar-refractivity contribution is -0.111. The maximum absolute atomic E-state index is 12.2. The van der Waals surface area contributed by atoms with Gasteiger partial charge in [0.05, 0.1) is 7.11 Å². The molecular formula is C27H30O3. The molecule has 0 amide bonds. The Morgan fingerprint density at radius 2 is 1.33 bits per heavy atom. The van der Waals surface area contributed by atoms with Gasteiger partial charge in [-0.2, -0.15) is 0 Å². The molecule has 0 bridgehead atoms. The molecule has 1 aliphatic carbocycles. The normalized spacial score (nSPS) is 13.7. The highest BCUT2D eigenvalue weighted by Crippen LogP contribution is 2.24. The summed E-state index contributed by atoms with van der Waals surface area (Å²) in [5, 5.41) is 0. The van der Waals surface area contributed by atoms with Crippen molar-refractivity contribution < 1.29 is 14.3 Å². The van der Waals surface area contributed by atoms with Crippen LogP contribution < -0.4 is 0 Å². The second-order valence-electron chi connectivity index (χ2n) is 6.81. The minimum Gasteiger partial charge on any atom is -0.497 e. The Morgan fingerprint density at radius 3 is 1.83 bits per heavy atom. The van der Waals surface area contributed by atoms with Crippen LogP contribution >= 0.6 is 0 Å². The number of methoxy groups -OCH3 is 1. The molecule has 0 aromatic carbocycles. The first-order valence-electron chi connectivity index (χ1n) is 9.45. The molecular weight excluding hydrogens is 372 g/mol. The van der Waals surface area contributed by atoms with Crippen LogP contribution in [0, 0.1) is 0 Å². The molecule has 0 aliphatic heterocycles. The molecule has 0 spiro atoms. The topological polar surface area (TPSA) is 35.5 Å². The van der Waals surface area contributed by atoms with Crippen LogP contribution in [-0.2, 0) is 14.3 Å². The van der Waals surface area contributed by atoms with Crippen molar-refractivity contribution in [2.75, 3.05) is 7.11 Å². The van der Waals surface area contributed by atoms with E-state index in [0.717, 1.165) is 18.4 Å². The first kappa shape index (κ1) is 24.4. The van der Waals surface area contributed by atoms with Gasteiger partial charge in [-0.3, -0.25) is 4.79 Å². The summed E-state index contributed by atoms with van der Waals surface area (Å²) in [6.07, 6.45) is 16.0. The summed E-state index contributed by atoms with van der Waals surface area (Å²) in [6, 6.07) is 0. The fraction of sp³-hybridized carbons (Fsp3) is 0.148. The highest BCUT2D eigenvalue weighted by atomic mass is 16.5. The van der Waals surface area contributed by atoms with Crippen molar-refractivity contribution in [3.05, 3.63) is 133 Å². The second kappa shape index (κ2) is 12.1. The summed E-state index contributed by atoms with van der Waals surface area (Å²) in [5.74, 6) is 0.858. The number of rotatable bonds is 12. The van der Waals surface area contributed by atoms with Crippen LogP contribution in [0.3, 0.4) is 0 Å². The van der Waals surface area contributed by atoms with Gasteiger partial charge in [0, 0.05) is 11.1 Å². The van der Waals surface area contributed by atoms with E-state index in [1.807, 2.05) is 6.08 Å². The van der Waals surface area contributed by atoms with E-state index >= 15 is 0 Å². The zero-order chi connectivity index (χ0) is 22.7. The van der Waals surface area contributed by atoms with Gasteiger partial charge in [-0.05, 0) is 61.3 Å². The van der Waals surface area contributed by atoms with E-state index in [-0.39, 0.29) is 16.9 Å². The molecule has 0 saturated carbocycles. The van der Waals surface area contributed by atoms with E-state index in [9.17, 15) is 4.79 Å². The lowest BCUT2D eigenvalue weighted by atomic mass is 9.94. The second-order valence-corrected chi connectivity index (χ2v) is 6.81. The van der Waals surface area contributed by atoms with Crippen LogP contribution in [0.15, 0.2) is 133 Å². The first-order chi connectivity index (χ1) is 14.1. The number of ether oxygens (including phenoxy) is 2. The average Bonchev–Trinajstić information content (AvgIpc) is 2.73. The van der Waals surface area contributed by atoms with Gasteiger partial charge in [0.2, 0.25) is 0 Å². The zero-order valence-electron chi connectivity index (χ0n) is 18.0. The molecule has 0 aromatic rings. The summed E-state index contributed by atoms with van der Waals surface area (Å²) >= 11 is 0. The molecule has 3 heteroatoms. The number of ketones is 1.